The quantitative estimate of drug-likeness (QED) is 0.610. The summed E-state index contributed by atoms with van der Waals surface area (Å²) < 4.78 is 0. The monoisotopic (exact) mass is 427 g/mol. The number of aliphatic hydroxyl groups excluding tert-OH is 2. The van der Waals surface area contributed by atoms with Crippen molar-refractivity contribution in [2.75, 3.05) is 13.1 Å². The number of hydrogen-bond acceptors (Lipinski definition) is 3. The number of likely N-dealkylation sites (tertiary alicyclic amines) is 1. The van der Waals surface area contributed by atoms with E-state index < -0.39 is 12.2 Å². The van der Waals surface area contributed by atoms with Crippen molar-refractivity contribution in [2.45, 2.75) is 103 Å². The molecule has 0 amide bonds. The summed E-state index contributed by atoms with van der Waals surface area (Å²) in [4.78, 5) is 2.76. The van der Waals surface area contributed by atoms with Crippen LogP contribution in [0.5, 0.6) is 0 Å². The van der Waals surface area contributed by atoms with Crippen LogP contribution < -0.4 is 0 Å². The van der Waals surface area contributed by atoms with Gasteiger partial charge in [0.05, 0.1) is 12.2 Å². The molecule has 0 aromatic carbocycles. The highest BCUT2D eigenvalue weighted by Gasteiger charge is 2.50. The fraction of sp³-hybridized carbons (Fsp3) is 0.786. The summed E-state index contributed by atoms with van der Waals surface area (Å²) in [6.07, 6.45) is 15.2. The van der Waals surface area contributed by atoms with Crippen molar-refractivity contribution >= 4 is 0 Å². The second kappa shape index (κ2) is 9.53. The molecule has 0 unspecified atom stereocenters. The third-order valence-corrected chi connectivity index (χ3v) is 9.45. The number of allylic oxidation sites excluding steroid dienone is 3. The molecule has 3 heteroatoms. The van der Waals surface area contributed by atoms with E-state index in [9.17, 15) is 10.2 Å². The van der Waals surface area contributed by atoms with E-state index in [0.29, 0.717) is 24.2 Å². The summed E-state index contributed by atoms with van der Waals surface area (Å²) in [5.41, 5.74) is 3.86. The zero-order chi connectivity index (χ0) is 22.2. The molecule has 3 nitrogen and oxygen atoms in total. The Kier molecular flexibility index (Phi) is 7.15. The highest BCUT2D eigenvalue weighted by Crippen LogP contribution is 2.59. The molecule has 0 bridgehead atoms. The van der Waals surface area contributed by atoms with Crippen LogP contribution in [-0.2, 0) is 0 Å². The minimum Gasteiger partial charge on any atom is -0.393 e. The van der Waals surface area contributed by atoms with Crippen molar-refractivity contribution in [3.8, 4) is 0 Å². The predicted molar refractivity (Wildman–Crippen MR) is 129 cm³/mol. The molecular formula is C28H45NO2. The third kappa shape index (κ3) is 4.75. The zero-order valence-corrected chi connectivity index (χ0v) is 20.2. The van der Waals surface area contributed by atoms with Crippen molar-refractivity contribution < 1.29 is 10.2 Å². The smallest absolute Gasteiger partial charge is 0.0811 e. The largest absolute Gasteiger partial charge is 0.393 e. The number of piperidine rings is 1. The van der Waals surface area contributed by atoms with Gasteiger partial charge in [0.2, 0.25) is 0 Å². The molecule has 4 fully saturated rings. The van der Waals surface area contributed by atoms with E-state index in [0.717, 1.165) is 29.0 Å². The Balaban J connectivity index is 1.48. The predicted octanol–water partition coefficient (Wildman–Crippen LogP) is 5.64. The molecule has 31 heavy (non-hydrogen) atoms. The molecule has 3 saturated carbocycles. The van der Waals surface area contributed by atoms with Crippen molar-refractivity contribution in [1.82, 2.24) is 4.90 Å². The van der Waals surface area contributed by atoms with Gasteiger partial charge in [-0.1, -0.05) is 44.6 Å². The van der Waals surface area contributed by atoms with Gasteiger partial charge in [-0.15, -0.1) is 0 Å². The van der Waals surface area contributed by atoms with Gasteiger partial charge in [0.25, 0.3) is 0 Å². The average Bonchev–Trinajstić information content (AvgIpc) is 3.09. The number of nitrogens with zero attached hydrogens (tertiary/aromatic N) is 1. The fourth-order valence-electron chi connectivity index (χ4n) is 7.61. The van der Waals surface area contributed by atoms with Crippen LogP contribution in [-0.4, -0.2) is 46.5 Å². The van der Waals surface area contributed by atoms with E-state index in [1.165, 1.54) is 64.5 Å². The molecule has 174 valence electrons. The first kappa shape index (κ1) is 23.3. The van der Waals surface area contributed by atoms with Gasteiger partial charge < -0.3 is 15.1 Å². The Bertz CT molecular complexity index is 725. The summed E-state index contributed by atoms with van der Waals surface area (Å²) in [5, 5.41) is 20.2. The third-order valence-electron chi connectivity index (χ3n) is 9.45. The van der Waals surface area contributed by atoms with E-state index in [1.54, 1.807) is 5.57 Å². The van der Waals surface area contributed by atoms with E-state index >= 15 is 0 Å². The van der Waals surface area contributed by atoms with Crippen molar-refractivity contribution in [3.05, 3.63) is 35.5 Å². The van der Waals surface area contributed by atoms with Crippen LogP contribution in [0.3, 0.4) is 0 Å². The highest BCUT2D eigenvalue weighted by atomic mass is 16.3. The molecule has 0 radical (unpaired) electrons. The van der Waals surface area contributed by atoms with Crippen molar-refractivity contribution in [3.63, 3.8) is 0 Å². The molecule has 0 aromatic rings. The lowest BCUT2D eigenvalue weighted by Crippen LogP contribution is -2.44. The Hall–Kier alpha value is -0.900. The van der Waals surface area contributed by atoms with Gasteiger partial charge in [0, 0.05) is 19.0 Å². The van der Waals surface area contributed by atoms with Gasteiger partial charge >= 0.3 is 0 Å². The molecule has 4 rings (SSSR count). The molecule has 4 aliphatic rings. The molecule has 0 aromatic heterocycles. The number of fused-ring (bicyclic) bond motifs is 1. The van der Waals surface area contributed by atoms with Crippen LogP contribution in [0.4, 0.5) is 0 Å². The number of hydrogen-bond donors (Lipinski definition) is 2. The van der Waals surface area contributed by atoms with E-state index in [2.05, 4.69) is 44.4 Å². The minimum absolute atomic E-state index is 0.419. The maximum absolute atomic E-state index is 10.2. The van der Waals surface area contributed by atoms with Gasteiger partial charge in [-0.05, 0) is 99.1 Å². The van der Waals surface area contributed by atoms with Crippen LogP contribution in [0.15, 0.2) is 35.5 Å². The first-order valence-electron chi connectivity index (χ1n) is 13.0. The maximum Gasteiger partial charge on any atom is 0.0811 e. The zero-order valence-electron chi connectivity index (χ0n) is 20.2. The fourth-order valence-corrected chi connectivity index (χ4v) is 7.61. The number of aliphatic hydroxyl groups is 2. The normalized spacial score (nSPS) is 43.4. The first-order valence-corrected chi connectivity index (χ1v) is 13.0. The highest BCUT2D eigenvalue weighted by molar-refractivity contribution is 5.38. The van der Waals surface area contributed by atoms with Crippen LogP contribution in [0.1, 0.15) is 85.0 Å². The Morgan fingerprint density at radius 3 is 2.74 bits per heavy atom. The lowest BCUT2D eigenvalue weighted by molar-refractivity contribution is 0.0598. The van der Waals surface area contributed by atoms with Crippen LogP contribution in [0, 0.1) is 23.2 Å². The minimum atomic E-state index is -0.598. The molecule has 1 heterocycles. The molecule has 3 aliphatic carbocycles. The van der Waals surface area contributed by atoms with Crippen molar-refractivity contribution in [2.24, 2.45) is 23.2 Å². The van der Waals surface area contributed by atoms with Gasteiger partial charge in [-0.2, -0.15) is 0 Å². The van der Waals surface area contributed by atoms with Gasteiger partial charge in [-0.25, -0.2) is 0 Å². The maximum atomic E-state index is 10.2. The van der Waals surface area contributed by atoms with E-state index in [1.807, 2.05) is 0 Å². The summed E-state index contributed by atoms with van der Waals surface area (Å²) in [5.74, 6) is 2.27. The van der Waals surface area contributed by atoms with E-state index in [4.69, 9.17) is 0 Å². The second-order valence-electron chi connectivity index (χ2n) is 11.5. The summed E-state index contributed by atoms with van der Waals surface area (Å²) in [6.45, 7) is 14.2. The first-order chi connectivity index (χ1) is 14.8. The summed E-state index contributed by atoms with van der Waals surface area (Å²) in [7, 11) is 0. The summed E-state index contributed by atoms with van der Waals surface area (Å²) in [6, 6.07) is 0.754. The Morgan fingerprint density at radius 1 is 1.16 bits per heavy atom. The SMILES string of the molecule is C=C1/C(=C\C=C2/CCC[C@]3(C)[C@@H]([C@H](C)CN4CCCC[C@@H]4C)CC[C@@H]23)C[C@@H](O)C[C@H]1O. The van der Waals surface area contributed by atoms with Gasteiger partial charge in [0.1, 0.15) is 0 Å². The van der Waals surface area contributed by atoms with Crippen LogP contribution in [0.25, 0.3) is 0 Å². The van der Waals surface area contributed by atoms with Crippen molar-refractivity contribution in [1.29, 1.82) is 0 Å². The lowest BCUT2D eigenvalue weighted by Gasteiger charge is -2.46. The van der Waals surface area contributed by atoms with Gasteiger partial charge in [0.15, 0.2) is 0 Å². The standard InChI is InChI=1S/C28H45NO2/c1-19(18-29-15-6-5-8-20(29)2)25-12-13-26-22(9-7-14-28(25,26)4)10-11-23-16-24(30)17-27(31)21(23)3/h10-11,19-20,24-27,30-31H,3,5-9,12-18H2,1-2,4H3/b22-10+,23-11-/t19-,20+,24-,25-,26+,27-,28-/m1/s1. The molecule has 0 spiro atoms. The molecule has 2 N–H and O–H groups in total. The Labute approximate surface area is 190 Å². The summed E-state index contributed by atoms with van der Waals surface area (Å²) >= 11 is 0. The lowest BCUT2D eigenvalue weighted by atomic mass is 9.61. The van der Waals surface area contributed by atoms with Crippen LogP contribution >= 0.6 is 0 Å². The van der Waals surface area contributed by atoms with Gasteiger partial charge in [-0.3, -0.25) is 0 Å². The van der Waals surface area contributed by atoms with E-state index in [-0.39, 0.29) is 0 Å². The molecule has 1 saturated heterocycles. The topological polar surface area (TPSA) is 43.7 Å². The average molecular weight is 428 g/mol. The number of rotatable bonds is 4. The molecule has 7 atom stereocenters. The molecular weight excluding hydrogens is 382 g/mol. The second-order valence-corrected chi connectivity index (χ2v) is 11.5. The Morgan fingerprint density at radius 2 is 1.97 bits per heavy atom. The van der Waals surface area contributed by atoms with Crippen LogP contribution in [0.2, 0.25) is 0 Å². The molecule has 1 aliphatic heterocycles.